The summed E-state index contributed by atoms with van der Waals surface area (Å²) >= 11 is 0. The van der Waals surface area contributed by atoms with E-state index in [4.69, 9.17) is 11.2 Å². The average Bonchev–Trinajstić information content (AvgIpc) is 2.17. The first-order valence-electron chi connectivity index (χ1n) is 5.11. The number of nitrogens with one attached hydrogen (secondary N) is 1. The summed E-state index contributed by atoms with van der Waals surface area (Å²) in [7, 11) is 0. The lowest BCUT2D eigenvalue weighted by Gasteiger charge is -2.22. The van der Waals surface area contributed by atoms with Gasteiger partial charge in [-0.3, -0.25) is 0 Å². The van der Waals surface area contributed by atoms with Crippen molar-refractivity contribution in [3.05, 3.63) is 0 Å². The third kappa shape index (κ3) is 4.92. The van der Waals surface area contributed by atoms with Gasteiger partial charge in [0.2, 0.25) is 0 Å². The molecule has 76 valence electrons. The monoisotopic (exact) mass is 183 g/mol. The molecule has 0 radical (unpaired) electrons. The van der Waals surface area contributed by atoms with Gasteiger partial charge in [-0.05, 0) is 26.3 Å². The first-order valence-corrected chi connectivity index (χ1v) is 5.11. The minimum Gasteiger partial charge on any atom is -0.376 e. The third-order valence-corrected chi connectivity index (χ3v) is 1.95. The van der Waals surface area contributed by atoms with Crippen LogP contribution in [0.2, 0.25) is 0 Å². The molecule has 2 nitrogen and oxygen atoms in total. The van der Waals surface area contributed by atoms with Crippen LogP contribution in [0.4, 0.5) is 0 Å². The maximum absolute atomic E-state index is 5.54. The van der Waals surface area contributed by atoms with Gasteiger partial charge in [0.25, 0.3) is 0 Å². The summed E-state index contributed by atoms with van der Waals surface area (Å²) in [5.41, 5.74) is 0. The number of rotatable bonds is 7. The molecule has 0 spiro atoms. The van der Waals surface area contributed by atoms with Crippen LogP contribution in [0.15, 0.2) is 0 Å². The van der Waals surface area contributed by atoms with Crippen LogP contribution in [0.3, 0.4) is 0 Å². The van der Waals surface area contributed by atoms with E-state index >= 15 is 0 Å². The summed E-state index contributed by atoms with van der Waals surface area (Å²) in [5.74, 6) is 2.74. The van der Waals surface area contributed by atoms with Crippen LogP contribution in [0, 0.1) is 12.3 Å². The average molecular weight is 183 g/mol. The summed E-state index contributed by atoms with van der Waals surface area (Å²) in [5, 5.41) is 3.29. The zero-order chi connectivity index (χ0) is 10.1. The fraction of sp³-hybridized carbons (Fsp3) is 0.818. The number of ether oxygens (including phenoxy) is 1. The molecule has 2 atom stereocenters. The topological polar surface area (TPSA) is 21.3 Å². The maximum Gasteiger partial charge on any atom is 0.0952 e. The Morgan fingerprint density at radius 2 is 2.08 bits per heavy atom. The molecule has 0 amide bonds. The van der Waals surface area contributed by atoms with E-state index < -0.39 is 0 Å². The van der Waals surface area contributed by atoms with Crippen molar-refractivity contribution in [3.8, 4) is 12.3 Å². The van der Waals surface area contributed by atoms with Crippen molar-refractivity contribution >= 4 is 0 Å². The Hall–Kier alpha value is -0.520. The molecule has 0 aromatic carbocycles. The van der Waals surface area contributed by atoms with Crippen molar-refractivity contribution in [2.45, 2.75) is 45.8 Å². The highest BCUT2D eigenvalue weighted by Crippen LogP contribution is 2.03. The third-order valence-electron chi connectivity index (χ3n) is 1.95. The van der Waals surface area contributed by atoms with Gasteiger partial charge < -0.3 is 10.1 Å². The Morgan fingerprint density at radius 3 is 2.46 bits per heavy atom. The Bertz CT molecular complexity index is 151. The lowest BCUT2D eigenvalue weighted by Crippen LogP contribution is -2.40. The Kier molecular flexibility index (Phi) is 7.77. The molecule has 13 heavy (non-hydrogen) atoms. The van der Waals surface area contributed by atoms with Gasteiger partial charge in [0, 0.05) is 6.61 Å². The SMILES string of the molecule is C#CC(NCCC)C(CC)OCC. The minimum absolute atomic E-state index is 0.0601. The quantitative estimate of drug-likeness (QED) is 0.608. The van der Waals surface area contributed by atoms with E-state index in [1.54, 1.807) is 0 Å². The summed E-state index contributed by atoms with van der Waals surface area (Å²) in [6.45, 7) is 7.90. The normalized spacial score (nSPS) is 14.9. The molecule has 0 heterocycles. The smallest absolute Gasteiger partial charge is 0.0952 e. The lowest BCUT2D eigenvalue weighted by molar-refractivity contribution is 0.0456. The van der Waals surface area contributed by atoms with Crippen LogP contribution in [0.5, 0.6) is 0 Å². The molecule has 2 unspecified atom stereocenters. The molecule has 0 aliphatic rings. The predicted molar refractivity (Wildman–Crippen MR) is 56.6 cm³/mol. The van der Waals surface area contributed by atoms with Gasteiger partial charge in [0.05, 0.1) is 12.1 Å². The lowest BCUT2D eigenvalue weighted by atomic mass is 10.1. The highest BCUT2D eigenvalue weighted by atomic mass is 16.5. The first-order chi connectivity index (χ1) is 6.29. The second kappa shape index (κ2) is 8.10. The van der Waals surface area contributed by atoms with E-state index in [-0.39, 0.29) is 12.1 Å². The van der Waals surface area contributed by atoms with E-state index in [1.165, 1.54) is 0 Å². The summed E-state index contributed by atoms with van der Waals surface area (Å²) < 4.78 is 5.54. The molecular weight excluding hydrogens is 162 g/mol. The highest BCUT2D eigenvalue weighted by Gasteiger charge is 2.16. The molecule has 0 aliphatic carbocycles. The standard InChI is InChI=1S/C11H21NO/c1-5-9-12-10(6-2)11(7-3)13-8-4/h2,10-12H,5,7-9H2,1,3-4H3. The van der Waals surface area contributed by atoms with Crippen molar-refractivity contribution in [1.29, 1.82) is 0 Å². The van der Waals surface area contributed by atoms with Crippen LogP contribution >= 0.6 is 0 Å². The van der Waals surface area contributed by atoms with Gasteiger partial charge in [-0.25, -0.2) is 0 Å². The van der Waals surface area contributed by atoms with Crippen molar-refractivity contribution in [2.75, 3.05) is 13.2 Å². The van der Waals surface area contributed by atoms with Crippen molar-refractivity contribution < 1.29 is 4.74 Å². The predicted octanol–water partition coefficient (Wildman–Crippen LogP) is 1.80. The van der Waals surface area contributed by atoms with Crippen molar-refractivity contribution in [2.24, 2.45) is 0 Å². The molecule has 2 heteroatoms. The van der Waals surface area contributed by atoms with Gasteiger partial charge in [-0.15, -0.1) is 6.42 Å². The second-order valence-corrected chi connectivity index (χ2v) is 3.00. The Morgan fingerprint density at radius 1 is 1.38 bits per heavy atom. The van der Waals surface area contributed by atoms with Crippen LogP contribution in [0.25, 0.3) is 0 Å². The first kappa shape index (κ1) is 12.5. The van der Waals surface area contributed by atoms with Crippen LogP contribution in [-0.2, 0) is 4.74 Å². The van der Waals surface area contributed by atoms with E-state index in [2.05, 4.69) is 25.1 Å². The van der Waals surface area contributed by atoms with E-state index in [0.717, 1.165) is 26.0 Å². The fourth-order valence-electron chi connectivity index (χ4n) is 1.26. The van der Waals surface area contributed by atoms with Crippen LogP contribution in [-0.4, -0.2) is 25.3 Å². The summed E-state index contributed by atoms with van der Waals surface area (Å²) in [6, 6.07) is 0.0601. The molecule has 0 rings (SSSR count). The second-order valence-electron chi connectivity index (χ2n) is 3.00. The number of hydrogen-bond donors (Lipinski definition) is 1. The number of terminal acetylenes is 1. The van der Waals surface area contributed by atoms with Crippen molar-refractivity contribution in [3.63, 3.8) is 0 Å². The zero-order valence-corrected chi connectivity index (χ0v) is 8.97. The molecule has 0 aliphatic heterocycles. The van der Waals surface area contributed by atoms with Gasteiger partial charge in [0.15, 0.2) is 0 Å². The Balaban J connectivity index is 3.94. The molecule has 0 aromatic rings. The van der Waals surface area contributed by atoms with Gasteiger partial charge >= 0.3 is 0 Å². The van der Waals surface area contributed by atoms with Gasteiger partial charge in [-0.1, -0.05) is 19.8 Å². The fourth-order valence-corrected chi connectivity index (χ4v) is 1.26. The zero-order valence-electron chi connectivity index (χ0n) is 8.97. The highest BCUT2D eigenvalue weighted by molar-refractivity contribution is 5.02. The Labute approximate surface area is 82.1 Å². The molecule has 0 fully saturated rings. The minimum atomic E-state index is 0.0601. The molecule has 0 saturated carbocycles. The van der Waals surface area contributed by atoms with E-state index in [9.17, 15) is 0 Å². The molecule has 1 N–H and O–H groups in total. The largest absolute Gasteiger partial charge is 0.376 e. The molecule has 0 aromatic heterocycles. The van der Waals surface area contributed by atoms with E-state index in [1.807, 2.05) is 6.92 Å². The molecule has 0 saturated heterocycles. The van der Waals surface area contributed by atoms with Gasteiger partial charge in [0.1, 0.15) is 0 Å². The molecular formula is C11H21NO. The van der Waals surface area contributed by atoms with Crippen LogP contribution < -0.4 is 5.32 Å². The van der Waals surface area contributed by atoms with E-state index in [0.29, 0.717) is 0 Å². The maximum atomic E-state index is 5.54. The summed E-state index contributed by atoms with van der Waals surface area (Å²) in [6.07, 6.45) is 7.64. The van der Waals surface area contributed by atoms with Crippen molar-refractivity contribution in [1.82, 2.24) is 5.32 Å². The molecule has 0 bridgehead atoms. The summed E-state index contributed by atoms with van der Waals surface area (Å²) in [4.78, 5) is 0. The number of hydrogen-bond acceptors (Lipinski definition) is 2. The van der Waals surface area contributed by atoms with Crippen LogP contribution in [0.1, 0.15) is 33.6 Å². The van der Waals surface area contributed by atoms with Gasteiger partial charge in [-0.2, -0.15) is 0 Å².